The molecular weight excluding hydrogens is 927 g/mol. The summed E-state index contributed by atoms with van der Waals surface area (Å²) in [5, 5.41) is 65.2. The Morgan fingerprint density at radius 1 is 0.459 bits per heavy atom. The maximum absolute atomic E-state index is 13.2. The van der Waals surface area contributed by atoms with E-state index < -0.39 is 61.5 Å². The van der Waals surface area contributed by atoms with Crippen molar-refractivity contribution in [3.8, 4) is 0 Å². The fourth-order valence-electron chi connectivity index (χ4n) is 10.5. The third kappa shape index (κ3) is 41.7. The Morgan fingerprint density at radius 2 is 0.797 bits per heavy atom. The van der Waals surface area contributed by atoms with Gasteiger partial charge in [-0.3, -0.25) is 4.79 Å². The van der Waals surface area contributed by atoms with Crippen molar-refractivity contribution in [2.24, 2.45) is 0 Å². The number of carbonyl (C=O) groups excluding carboxylic acids is 1. The normalized spacial score (nSPS) is 19.5. The molecule has 74 heavy (non-hydrogen) atoms. The van der Waals surface area contributed by atoms with Crippen molar-refractivity contribution >= 4 is 5.91 Å². The van der Waals surface area contributed by atoms with E-state index in [1.165, 1.54) is 231 Å². The van der Waals surface area contributed by atoms with Crippen molar-refractivity contribution in [3.05, 3.63) is 24.3 Å². The van der Waals surface area contributed by atoms with Gasteiger partial charge < -0.3 is 45.4 Å². The third-order valence-corrected chi connectivity index (χ3v) is 15.7. The van der Waals surface area contributed by atoms with Crippen LogP contribution in [0, 0.1) is 0 Å². The van der Waals surface area contributed by atoms with Gasteiger partial charge >= 0.3 is 0 Å². The number of hydrogen-bond donors (Lipinski definition) is 7. The monoisotopic (exact) mass is 1050 g/mol. The number of amides is 1. The number of carbonyl (C=O) groups is 1. The first-order chi connectivity index (χ1) is 36.3. The summed E-state index contributed by atoms with van der Waals surface area (Å²) in [7, 11) is 0. The van der Waals surface area contributed by atoms with Gasteiger partial charge in [0.2, 0.25) is 5.91 Å². The minimum absolute atomic E-state index is 0.253. The molecule has 8 atom stereocenters. The zero-order chi connectivity index (χ0) is 53.8. The summed E-state index contributed by atoms with van der Waals surface area (Å²) >= 11 is 0. The zero-order valence-electron chi connectivity index (χ0n) is 48.5. The first-order valence-electron chi connectivity index (χ1n) is 32.1. The van der Waals surface area contributed by atoms with Crippen LogP contribution in [0.2, 0.25) is 0 Å². The summed E-state index contributed by atoms with van der Waals surface area (Å²) in [5.74, 6) is -0.580. The van der Waals surface area contributed by atoms with Crippen LogP contribution < -0.4 is 5.32 Å². The minimum atomic E-state index is -1.60. The van der Waals surface area contributed by atoms with Crippen molar-refractivity contribution in [3.63, 3.8) is 0 Å². The van der Waals surface area contributed by atoms with Crippen LogP contribution in [0.4, 0.5) is 0 Å². The molecule has 0 aliphatic carbocycles. The van der Waals surface area contributed by atoms with Gasteiger partial charge in [0.1, 0.15) is 30.5 Å². The summed E-state index contributed by atoms with van der Waals surface area (Å²) in [4.78, 5) is 13.2. The average Bonchev–Trinajstić information content (AvgIpc) is 3.40. The zero-order valence-corrected chi connectivity index (χ0v) is 48.5. The van der Waals surface area contributed by atoms with Crippen molar-refractivity contribution in [1.29, 1.82) is 0 Å². The standard InChI is InChI=1S/C64H123NO9/c1-3-5-7-9-11-13-15-17-18-19-20-21-22-23-24-25-26-27-28-29-30-31-32-33-34-35-36-37-38-39-41-43-45-47-49-51-53-58(68)63(72)65-56(55-73-64-62(71)61(70)60(69)59(54-66)74-64)57(67)52-50-48-46-44-42-40-16-14-12-10-8-6-4-2/h24-25,27-28,56-62,64,66-71H,3-23,26,29-55H2,1-2H3,(H,65,72)/b25-24-,28-27-. The lowest BCUT2D eigenvalue weighted by Crippen LogP contribution is -2.60. The first-order valence-corrected chi connectivity index (χ1v) is 32.1. The van der Waals surface area contributed by atoms with Crippen LogP contribution in [-0.4, -0.2) is 98.7 Å². The predicted octanol–water partition coefficient (Wildman–Crippen LogP) is 15.5. The quantitative estimate of drug-likeness (QED) is 0.0232. The van der Waals surface area contributed by atoms with E-state index in [0.717, 1.165) is 57.8 Å². The summed E-state index contributed by atoms with van der Waals surface area (Å²) in [6, 6.07) is -0.892. The van der Waals surface area contributed by atoms with Gasteiger partial charge in [0.25, 0.3) is 0 Å². The number of nitrogens with one attached hydrogen (secondary N) is 1. The minimum Gasteiger partial charge on any atom is -0.394 e. The molecule has 7 N–H and O–H groups in total. The molecule has 1 saturated heterocycles. The predicted molar refractivity (Wildman–Crippen MR) is 310 cm³/mol. The van der Waals surface area contributed by atoms with E-state index in [4.69, 9.17) is 9.47 Å². The number of allylic oxidation sites excluding steroid dienone is 4. The van der Waals surface area contributed by atoms with Gasteiger partial charge in [-0.15, -0.1) is 0 Å². The van der Waals surface area contributed by atoms with Gasteiger partial charge in [0.15, 0.2) is 6.29 Å². The Hall–Kier alpha value is -1.37. The number of rotatable bonds is 56. The summed E-state index contributed by atoms with van der Waals surface area (Å²) in [5.41, 5.74) is 0. The topological polar surface area (TPSA) is 169 Å². The molecule has 1 rings (SSSR count). The van der Waals surface area contributed by atoms with E-state index >= 15 is 0 Å². The Morgan fingerprint density at radius 3 is 1.16 bits per heavy atom. The van der Waals surface area contributed by atoms with Crippen LogP contribution in [0.3, 0.4) is 0 Å². The number of aliphatic hydroxyl groups is 6. The summed E-state index contributed by atoms with van der Waals surface area (Å²) < 4.78 is 11.2. The van der Waals surface area contributed by atoms with Crippen LogP contribution in [0.5, 0.6) is 0 Å². The summed E-state index contributed by atoms with van der Waals surface area (Å²) in [6.07, 6.45) is 58.5. The average molecular weight is 1050 g/mol. The molecule has 8 unspecified atom stereocenters. The third-order valence-electron chi connectivity index (χ3n) is 15.7. The van der Waals surface area contributed by atoms with E-state index in [-0.39, 0.29) is 6.61 Å². The number of aliphatic hydroxyl groups excluding tert-OH is 6. The lowest BCUT2D eigenvalue weighted by atomic mass is 9.99. The molecule has 0 saturated carbocycles. The molecule has 0 bridgehead atoms. The molecular formula is C64H123NO9. The SMILES string of the molecule is CCCCCCCCCCCCCCC/C=C\C/C=C\CCCCCCCCCCCCCCCCCCC(O)C(=O)NC(COC1OC(CO)C(O)C(O)C1O)C(O)CCCCCCCCCCCCCCC. The van der Waals surface area contributed by atoms with E-state index in [1.807, 2.05) is 0 Å². The fourth-order valence-corrected chi connectivity index (χ4v) is 10.5. The molecule has 1 amide bonds. The second-order valence-electron chi connectivity index (χ2n) is 22.7. The van der Waals surface area contributed by atoms with Crippen LogP contribution >= 0.6 is 0 Å². The van der Waals surface area contributed by atoms with Crippen LogP contribution in [0.15, 0.2) is 24.3 Å². The molecule has 0 aromatic rings. The molecule has 1 fully saturated rings. The molecule has 10 heteroatoms. The highest BCUT2D eigenvalue weighted by Gasteiger charge is 2.44. The highest BCUT2D eigenvalue weighted by atomic mass is 16.7. The van der Waals surface area contributed by atoms with Crippen molar-refractivity contribution in [2.45, 2.75) is 365 Å². The Bertz CT molecular complexity index is 1230. The van der Waals surface area contributed by atoms with Crippen LogP contribution in [0.25, 0.3) is 0 Å². The molecule has 0 aromatic carbocycles. The van der Waals surface area contributed by atoms with Gasteiger partial charge in [0, 0.05) is 0 Å². The molecule has 10 nitrogen and oxygen atoms in total. The molecule has 438 valence electrons. The van der Waals surface area contributed by atoms with Crippen LogP contribution in [-0.2, 0) is 14.3 Å². The molecule has 0 aromatic heterocycles. The van der Waals surface area contributed by atoms with Crippen molar-refractivity contribution < 1.29 is 44.9 Å². The summed E-state index contributed by atoms with van der Waals surface area (Å²) in [6.45, 7) is 3.70. The Labute approximate surface area is 456 Å². The molecule has 1 aliphatic rings. The molecule has 1 aliphatic heterocycles. The van der Waals surface area contributed by atoms with Gasteiger partial charge in [-0.25, -0.2) is 0 Å². The van der Waals surface area contributed by atoms with E-state index in [9.17, 15) is 35.4 Å². The maximum atomic E-state index is 13.2. The first kappa shape index (κ1) is 70.6. The Kier molecular flexibility index (Phi) is 51.2. The van der Waals surface area contributed by atoms with Gasteiger partial charge in [-0.2, -0.15) is 0 Å². The highest BCUT2D eigenvalue weighted by Crippen LogP contribution is 2.24. The van der Waals surface area contributed by atoms with Gasteiger partial charge in [-0.05, 0) is 44.9 Å². The van der Waals surface area contributed by atoms with Gasteiger partial charge in [0.05, 0.1) is 25.4 Å². The number of ether oxygens (including phenoxy) is 2. The fraction of sp³-hybridized carbons (Fsp3) is 0.922. The van der Waals surface area contributed by atoms with E-state index in [1.54, 1.807) is 0 Å². The molecule has 0 radical (unpaired) electrons. The van der Waals surface area contributed by atoms with E-state index in [2.05, 4.69) is 43.5 Å². The lowest BCUT2D eigenvalue weighted by Gasteiger charge is -2.40. The smallest absolute Gasteiger partial charge is 0.249 e. The molecule has 1 heterocycles. The number of unbranched alkanes of at least 4 members (excludes halogenated alkanes) is 41. The van der Waals surface area contributed by atoms with Gasteiger partial charge in [-0.1, -0.05) is 295 Å². The lowest BCUT2D eigenvalue weighted by molar-refractivity contribution is -0.302. The second-order valence-corrected chi connectivity index (χ2v) is 22.7. The number of hydrogen-bond acceptors (Lipinski definition) is 9. The highest BCUT2D eigenvalue weighted by molar-refractivity contribution is 5.80. The Balaban J connectivity index is 2.09. The largest absolute Gasteiger partial charge is 0.394 e. The second kappa shape index (κ2) is 53.6. The van der Waals surface area contributed by atoms with Crippen LogP contribution in [0.1, 0.15) is 316 Å². The van der Waals surface area contributed by atoms with E-state index in [0.29, 0.717) is 12.8 Å². The maximum Gasteiger partial charge on any atom is 0.249 e. The van der Waals surface area contributed by atoms with Crippen molar-refractivity contribution in [1.82, 2.24) is 5.32 Å². The van der Waals surface area contributed by atoms with Crippen molar-refractivity contribution in [2.75, 3.05) is 13.2 Å². The molecule has 0 spiro atoms.